The lowest BCUT2D eigenvalue weighted by molar-refractivity contribution is 0.278. The monoisotopic (exact) mass is 340 g/mol. The van der Waals surface area contributed by atoms with Crippen molar-refractivity contribution in [2.75, 3.05) is 5.75 Å². The van der Waals surface area contributed by atoms with E-state index in [2.05, 4.69) is 9.27 Å². The van der Waals surface area contributed by atoms with Crippen LogP contribution in [0.5, 0.6) is 0 Å². The standard InChI is InChI=1S/C11H20N2O6S2/c1-2-3-4-5-6-11(21(16,17)18)9-20(14,15)19-13-8-7-12-10-13/h7-8,10-11H,2-6,9H2,1H3,(H,16,17,18). The molecule has 21 heavy (non-hydrogen) atoms. The van der Waals surface area contributed by atoms with Gasteiger partial charge in [0.2, 0.25) is 0 Å². The van der Waals surface area contributed by atoms with Crippen molar-refractivity contribution in [2.24, 2.45) is 0 Å². The molecular weight excluding hydrogens is 320 g/mol. The fraction of sp³-hybridized carbons (Fsp3) is 0.727. The quantitative estimate of drug-likeness (QED) is 0.496. The van der Waals surface area contributed by atoms with E-state index >= 15 is 0 Å². The smallest absolute Gasteiger partial charge is 0.286 e. The summed E-state index contributed by atoms with van der Waals surface area (Å²) in [5.41, 5.74) is 0. The van der Waals surface area contributed by atoms with Crippen LogP contribution in [0.1, 0.15) is 39.0 Å². The van der Waals surface area contributed by atoms with Gasteiger partial charge in [-0.1, -0.05) is 32.6 Å². The van der Waals surface area contributed by atoms with Crippen LogP contribution in [0, 0.1) is 0 Å². The normalized spacial score (nSPS) is 14.0. The molecule has 0 aliphatic rings. The lowest BCUT2D eigenvalue weighted by Gasteiger charge is -2.14. The number of hydrogen-bond acceptors (Lipinski definition) is 6. The molecule has 10 heteroatoms. The minimum atomic E-state index is -4.45. The van der Waals surface area contributed by atoms with Gasteiger partial charge in [0.25, 0.3) is 10.1 Å². The molecule has 0 saturated heterocycles. The Kier molecular flexibility index (Phi) is 6.62. The van der Waals surface area contributed by atoms with E-state index in [-0.39, 0.29) is 6.42 Å². The summed E-state index contributed by atoms with van der Waals surface area (Å²) in [6, 6.07) is 0. The van der Waals surface area contributed by atoms with Gasteiger partial charge in [0.15, 0.2) is 0 Å². The van der Waals surface area contributed by atoms with Crippen molar-refractivity contribution in [2.45, 2.75) is 44.3 Å². The highest BCUT2D eigenvalue weighted by molar-refractivity contribution is 7.90. The summed E-state index contributed by atoms with van der Waals surface area (Å²) >= 11 is 0. The van der Waals surface area contributed by atoms with Gasteiger partial charge in [0, 0.05) is 6.20 Å². The molecule has 0 aliphatic carbocycles. The number of hydrogen-bond donors (Lipinski definition) is 1. The molecule has 1 atom stereocenters. The molecule has 122 valence electrons. The third kappa shape index (κ3) is 6.91. The average molecular weight is 340 g/mol. The third-order valence-corrected chi connectivity index (χ3v) is 5.54. The topological polar surface area (TPSA) is 116 Å². The van der Waals surface area contributed by atoms with Gasteiger partial charge in [-0.25, -0.2) is 4.98 Å². The molecule has 1 aromatic heterocycles. The maximum atomic E-state index is 11.8. The summed E-state index contributed by atoms with van der Waals surface area (Å²) in [7, 11) is -8.59. The molecule has 1 aromatic rings. The first-order chi connectivity index (χ1) is 9.74. The van der Waals surface area contributed by atoms with E-state index in [1.165, 1.54) is 12.4 Å². The Morgan fingerprint density at radius 3 is 2.48 bits per heavy atom. The van der Waals surface area contributed by atoms with Crippen molar-refractivity contribution in [3.8, 4) is 0 Å². The van der Waals surface area contributed by atoms with Gasteiger partial charge >= 0.3 is 10.1 Å². The molecule has 1 N–H and O–H groups in total. The molecular formula is C11H20N2O6S2. The van der Waals surface area contributed by atoms with E-state index in [0.29, 0.717) is 6.42 Å². The second-order valence-corrected chi connectivity index (χ2v) is 8.00. The molecule has 0 radical (unpaired) electrons. The molecule has 0 fully saturated rings. The first-order valence-electron chi connectivity index (χ1n) is 6.61. The summed E-state index contributed by atoms with van der Waals surface area (Å²) in [6.07, 6.45) is 6.99. The second-order valence-electron chi connectivity index (χ2n) is 4.71. The van der Waals surface area contributed by atoms with Gasteiger partial charge in [0.05, 0.1) is 6.20 Å². The van der Waals surface area contributed by atoms with Crippen LogP contribution in [0.4, 0.5) is 0 Å². The van der Waals surface area contributed by atoms with Crippen molar-refractivity contribution in [1.29, 1.82) is 0 Å². The zero-order valence-corrected chi connectivity index (χ0v) is 13.4. The van der Waals surface area contributed by atoms with E-state index in [4.69, 9.17) is 4.55 Å². The van der Waals surface area contributed by atoms with E-state index in [1.54, 1.807) is 0 Å². The van der Waals surface area contributed by atoms with Crippen LogP contribution in [0.15, 0.2) is 18.7 Å². The molecule has 0 aromatic carbocycles. The highest BCUT2D eigenvalue weighted by Crippen LogP contribution is 2.14. The van der Waals surface area contributed by atoms with Gasteiger partial charge in [0.1, 0.15) is 17.3 Å². The molecule has 0 saturated carbocycles. The molecule has 1 rings (SSSR count). The summed E-state index contributed by atoms with van der Waals surface area (Å²) < 4.78 is 60.8. The zero-order valence-electron chi connectivity index (χ0n) is 11.8. The van der Waals surface area contributed by atoms with Crippen LogP contribution in [-0.2, 0) is 20.2 Å². The van der Waals surface area contributed by atoms with Gasteiger partial charge in [-0.15, -0.1) is 0 Å². The van der Waals surface area contributed by atoms with Crippen LogP contribution >= 0.6 is 0 Å². The number of imidazole rings is 1. The lowest BCUT2D eigenvalue weighted by Crippen LogP contribution is -2.33. The Morgan fingerprint density at radius 1 is 1.24 bits per heavy atom. The van der Waals surface area contributed by atoms with Gasteiger partial charge < -0.3 is 0 Å². The number of nitrogens with zero attached hydrogens (tertiary/aromatic N) is 2. The van der Waals surface area contributed by atoms with Crippen LogP contribution in [0.3, 0.4) is 0 Å². The van der Waals surface area contributed by atoms with Crippen molar-refractivity contribution in [3.63, 3.8) is 0 Å². The molecule has 0 aliphatic heterocycles. The number of aromatic nitrogens is 2. The van der Waals surface area contributed by atoms with Crippen LogP contribution in [0.2, 0.25) is 0 Å². The minimum Gasteiger partial charge on any atom is -0.286 e. The van der Waals surface area contributed by atoms with Crippen molar-refractivity contribution < 1.29 is 25.7 Å². The predicted octanol–water partition coefficient (Wildman–Crippen LogP) is 0.868. The second kappa shape index (κ2) is 7.76. The Balaban J connectivity index is 2.67. The molecule has 0 amide bonds. The first kappa shape index (κ1) is 17.9. The molecule has 0 bridgehead atoms. The zero-order chi connectivity index (χ0) is 15.9. The largest absolute Gasteiger partial charge is 0.328 e. The Morgan fingerprint density at radius 2 is 1.95 bits per heavy atom. The van der Waals surface area contributed by atoms with E-state index in [0.717, 1.165) is 30.3 Å². The number of rotatable bonds is 10. The fourth-order valence-electron chi connectivity index (χ4n) is 1.80. The van der Waals surface area contributed by atoms with Gasteiger partial charge in [-0.05, 0) is 6.42 Å². The van der Waals surface area contributed by atoms with E-state index in [1.807, 2.05) is 6.92 Å². The van der Waals surface area contributed by atoms with E-state index in [9.17, 15) is 16.8 Å². The summed E-state index contributed by atoms with van der Waals surface area (Å²) in [5, 5.41) is -1.39. The predicted molar refractivity (Wildman–Crippen MR) is 76.7 cm³/mol. The van der Waals surface area contributed by atoms with Crippen molar-refractivity contribution >= 4 is 20.2 Å². The molecule has 0 spiro atoms. The Bertz CT molecular complexity index is 609. The Labute approximate surface area is 125 Å². The van der Waals surface area contributed by atoms with Crippen molar-refractivity contribution in [3.05, 3.63) is 18.7 Å². The van der Waals surface area contributed by atoms with Crippen LogP contribution in [-0.4, -0.2) is 42.1 Å². The number of unbranched alkanes of at least 4 members (excludes halogenated alkanes) is 3. The summed E-state index contributed by atoms with van der Waals surface area (Å²) in [5.74, 6) is -0.795. The fourth-order valence-corrected chi connectivity index (χ4v) is 4.48. The van der Waals surface area contributed by atoms with Gasteiger partial charge in [-0.2, -0.15) is 21.6 Å². The van der Waals surface area contributed by atoms with Crippen LogP contribution in [0.25, 0.3) is 0 Å². The van der Waals surface area contributed by atoms with E-state index < -0.39 is 31.2 Å². The highest BCUT2D eigenvalue weighted by Gasteiger charge is 2.30. The SMILES string of the molecule is CCCCCCC(CS(=O)(=O)On1ccnc1)S(=O)(=O)O. The molecule has 1 heterocycles. The first-order valence-corrected chi connectivity index (χ1v) is 9.69. The maximum Gasteiger partial charge on any atom is 0.328 e. The Hall–Kier alpha value is -1.13. The minimum absolute atomic E-state index is 0.0748. The lowest BCUT2D eigenvalue weighted by atomic mass is 10.1. The molecule has 1 unspecified atom stereocenters. The summed E-state index contributed by atoms with van der Waals surface area (Å²) in [4.78, 5) is 3.61. The average Bonchev–Trinajstić information content (AvgIpc) is 2.83. The van der Waals surface area contributed by atoms with Crippen LogP contribution < -0.4 is 4.28 Å². The maximum absolute atomic E-state index is 11.8. The third-order valence-electron chi connectivity index (χ3n) is 2.87. The molecule has 8 nitrogen and oxygen atoms in total. The van der Waals surface area contributed by atoms with Gasteiger partial charge in [-0.3, -0.25) is 8.84 Å². The summed E-state index contributed by atoms with van der Waals surface area (Å²) in [6.45, 7) is 2.00. The van der Waals surface area contributed by atoms with Crippen molar-refractivity contribution in [1.82, 2.24) is 9.71 Å². The highest BCUT2D eigenvalue weighted by atomic mass is 32.2.